The average molecular weight is 349 g/mol. The third-order valence-electron chi connectivity index (χ3n) is 2.44. The Morgan fingerprint density at radius 3 is 2.43 bits per heavy atom. The average Bonchev–Trinajstić information content (AvgIpc) is 2.35. The maximum absolute atomic E-state index is 12.2. The number of halogens is 3. The summed E-state index contributed by atoms with van der Waals surface area (Å²) >= 11 is 0. The number of rotatable bonds is 6. The fourth-order valence-corrected chi connectivity index (χ4v) is 2.21. The number of alkyl halides is 3. The topological polar surface area (TPSA) is 95.7 Å². The van der Waals surface area contributed by atoms with E-state index >= 15 is 0 Å². The molecule has 11 heteroatoms. The Balaban J connectivity index is 0. The van der Waals surface area contributed by atoms with Crippen molar-refractivity contribution in [2.24, 2.45) is 5.14 Å². The zero-order chi connectivity index (χ0) is 17.0. The maximum atomic E-state index is 12.2. The summed E-state index contributed by atoms with van der Waals surface area (Å²) in [7, 11) is -4.31. The minimum Gasteiger partial charge on any atom is -1.00 e. The normalized spacial score (nSPS) is 11.5. The molecule has 0 aliphatic carbocycles. The first kappa shape index (κ1) is 21.8. The van der Waals surface area contributed by atoms with Gasteiger partial charge in [0.2, 0.25) is 10.0 Å². The number of ether oxygens (including phenoxy) is 2. The van der Waals surface area contributed by atoms with Crippen molar-refractivity contribution in [3.8, 4) is 5.75 Å². The van der Waals surface area contributed by atoms with Crippen molar-refractivity contribution in [2.75, 3.05) is 6.61 Å². The summed E-state index contributed by atoms with van der Waals surface area (Å²) < 4.78 is 67.7. The Bertz CT molecular complexity index is 655. The van der Waals surface area contributed by atoms with E-state index in [2.05, 4.69) is 4.74 Å². The molecule has 6 nitrogen and oxygen atoms in total. The fourth-order valence-electron chi connectivity index (χ4n) is 1.50. The summed E-state index contributed by atoms with van der Waals surface area (Å²) in [5, 5.41) is 4.93. The second-order valence-corrected chi connectivity index (χ2v) is 5.77. The second kappa shape index (κ2) is 8.59. The van der Waals surface area contributed by atoms with Crippen LogP contribution < -0.4 is 28.7 Å². The molecule has 0 aliphatic heterocycles. The number of hydrogen-bond acceptors (Lipinski definition) is 5. The Hall–Kier alpha value is -1.21. The molecular formula is C12H15F3LiNO5S. The largest absolute Gasteiger partial charge is 1.00 e. The number of nitrogens with two attached hydrogens (primary N) is 1. The van der Waals surface area contributed by atoms with Crippen LogP contribution in [0.5, 0.6) is 5.75 Å². The number of hydrogen-bond donors (Lipinski definition) is 1. The van der Waals surface area contributed by atoms with E-state index in [1.165, 1.54) is 0 Å². The van der Waals surface area contributed by atoms with Gasteiger partial charge >= 0.3 is 31.2 Å². The molecule has 0 bridgehead atoms. The van der Waals surface area contributed by atoms with Gasteiger partial charge in [-0.2, -0.15) is 0 Å². The number of carbonyl (C=O) groups excluding carboxylic acids is 1. The Morgan fingerprint density at radius 1 is 1.35 bits per heavy atom. The van der Waals surface area contributed by atoms with E-state index < -0.39 is 38.6 Å². The van der Waals surface area contributed by atoms with Gasteiger partial charge in [0.15, 0.2) is 0 Å². The van der Waals surface area contributed by atoms with Crippen LogP contribution in [-0.4, -0.2) is 27.4 Å². The van der Waals surface area contributed by atoms with Crippen LogP contribution in [-0.2, 0) is 14.8 Å². The molecule has 0 atom stereocenters. The van der Waals surface area contributed by atoms with Crippen LogP contribution in [0.2, 0.25) is 0 Å². The van der Waals surface area contributed by atoms with Crippen LogP contribution >= 0.6 is 0 Å². The van der Waals surface area contributed by atoms with Crippen molar-refractivity contribution in [3.05, 3.63) is 23.8 Å². The van der Waals surface area contributed by atoms with E-state index in [0.29, 0.717) is 18.9 Å². The van der Waals surface area contributed by atoms with Gasteiger partial charge in [-0.25, -0.2) is 18.4 Å². The molecule has 0 unspecified atom stereocenters. The first-order valence-corrected chi connectivity index (χ1v) is 7.69. The standard InChI is InChI=1S/C12H14F3NO5S.Li.H/c1-2-3-6-20-11(17)9-7-8(21-12(13,14)15)4-5-10(9)22(16,18)19;;/h4-5,7H,2-3,6H2,1H3,(H2,16,18,19);;/q;+1;-1. The summed E-state index contributed by atoms with van der Waals surface area (Å²) in [4.78, 5) is 11.2. The van der Waals surface area contributed by atoms with Crippen LogP contribution in [0.1, 0.15) is 31.6 Å². The van der Waals surface area contributed by atoms with Crippen LogP contribution in [0, 0.1) is 0 Å². The van der Waals surface area contributed by atoms with E-state index in [1.54, 1.807) is 0 Å². The molecule has 0 aliphatic rings. The molecule has 0 aromatic heterocycles. The summed E-state index contributed by atoms with van der Waals surface area (Å²) in [6, 6.07) is 2.13. The zero-order valence-corrected chi connectivity index (χ0v) is 13.3. The van der Waals surface area contributed by atoms with Gasteiger partial charge in [-0.3, -0.25) is 0 Å². The van der Waals surface area contributed by atoms with Crippen LogP contribution in [0.4, 0.5) is 13.2 Å². The number of carbonyl (C=O) groups is 1. The summed E-state index contributed by atoms with van der Waals surface area (Å²) in [5.41, 5.74) is -0.611. The number of sulfonamides is 1. The minimum absolute atomic E-state index is 0. The van der Waals surface area contributed by atoms with E-state index in [4.69, 9.17) is 9.88 Å². The monoisotopic (exact) mass is 349 g/mol. The van der Waals surface area contributed by atoms with E-state index in [-0.39, 0.29) is 26.9 Å². The van der Waals surface area contributed by atoms with Gasteiger partial charge in [-0.05, 0) is 24.6 Å². The van der Waals surface area contributed by atoms with Gasteiger partial charge < -0.3 is 10.9 Å². The SMILES string of the molecule is CCCCOC(=O)c1cc(OC(F)(F)F)ccc1S(N)(=O)=O.[H-].[Li+]. The Labute approximate surface area is 144 Å². The van der Waals surface area contributed by atoms with Crippen LogP contribution in [0.3, 0.4) is 0 Å². The summed E-state index contributed by atoms with van der Waals surface area (Å²) in [5.74, 6) is -1.84. The van der Waals surface area contributed by atoms with Gasteiger partial charge in [0.25, 0.3) is 0 Å². The van der Waals surface area contributed by atoms with Crippen molar-refractivity contribution < 1.29 is 56.1 Å². The number of unbranched alkanes of at least 4 members (excludes halogenated alkanes) is 1. The molecule has 0 saturated carbocycles. The first-order chi connectivity index (χ1) is 10.0. The van der Waals surface area contributed by atoms with Gasteiger partial charge in [0.05, 0.1) is 17.1 Å². The van der Waals surface area contributed by atoms with Crippen LogP contribution in [0.15, 0.2) is 23.1 Å². The molecule has 23 heavy (non-hydrogen) atoms. The van der Waals surface area contributed by atoms with Gasteiger partial charge in [0, 0.05) is 0 Å². The van der Waals surface area contributed by atoms with Crippen molar-refractivity contribution >= 4 is 16.0 Å². The molecule has 0 radical (unpaired) electrons. The molecular weight excluding hydrogens is 334 g/mol. The molecule has 0 heterocycles. The maximum Gasteiger partial charge on any atom is 1.00 e. The number of benzene rings is 1. The second-order valence-electron chi connectivity index (χ2n) is 4.24. The first-order valence-electron chi connectivity index (χ1n) is 6.14. The minimum atomic E-state index is -4.98. The van der Waals surface area contributed by atoms with Crippen molar-refractivity contribution in [1.82, 2.24) is 0 Å². The van der Waals surface area contributed by atoms with Gasteiger partial charge in [-0.15, -0.1) is 13.2 Å². The quantitative estimate of drug-likeness (QED) is 0.417. The number of esters is 1. The smallest absolute Gasteiger partial charge is 1.00 e. The molecule has 126 valence electrons. The molecule has 0 spiro atoms. The summed E-state index contributed by atoms with van der Waals surface area (Å²) in [6.45, 7) is 1.84. The molecule has 1 rings (SSSR count). The van der Waals surface area contributed by atoms with Crippen LogP contribution in [0.25, 0.3) is 0 Å². The van der Waals surface area contributed by atoms with Crippen molar-refractivity contribution in [3.63, 3.8) is 0 Å². The third-order valence-corrected chi connectivity index (χ3v) is 3.41. The van der Waals surface area contributed by atoms with E-state index in [0.717, 1.165) is 12.1 Å². The van der Waals surface area contributed by atoms with E-state index in [1.807, 2.05) is 6.92 Å². The van der Waals surface area contributed by atoms with E-state index in [9.17, 15) is 26.4 Å². The predicted molar refractivity (Wildman–Crippen MR) is 70.8 cm³/mol. The zero-order valence-electron chi connectivity index (χ0n) is 13.5. The third kappa shape index (κ3) is 7.26. The molecule has 2 N–H and O–H groups in total. The molecule has 0 saturated heterocycles. The van der Waals surface area contributed by atoms with Crippen molar-refractivity contribution in [2.45, 2.75) is 31.0 Å². The Kier molecular flexibility index (Phi) is 8.13. The van der Waals surface area contributed by atoms with Crippen molar-refractivity contribution in [1.29, 1.82) is 0 Å². The van der Waals surface area contributed by atoms with Gasteiger partial charge in [0.1, 0.15) is 5.75 Å². The fraction of sp³-hybridized carbons (Fsp3) is 0.417. The molecule has 0 fully saturated rings. The number of primary sulfonamides is 1. The molecule has 0 amide bonds. The Morgan fingerprint density at radius 2 is 1.96 bits per heavy atom. The predicted octanol–water partition coefficient (Wildman–Crippen LogP) is -0.694. The molecule has 1 aromatic carbocycles. The van der Waals surface area contributed by atoms with Gasteiger partial charge in [-0.1, -0.05) is 13.3 Å². The molecule has 1 aromatic rings. The summed E-state index contributed by atoms with van der Waals surface area (Å²) in [6.07, 6.45) is -3.74.